The minimum Gasteiger partial charge on any atom is -0.374 e. The molecule has 0 radical (unpaired) electrons. The highest BCUT2D eigenvalue weighted by molar-refractivity contribution is 5.81. The van der Waals surface area contributed by atoms with Gasteiger partial charge in [-0.3, -0.25) is 4.79 Å². The second-order valence-corrected chi connectivity index (χ2v) is 5.59. The van der Waals surface area contributed by atoms with Gasteiger partial charge in [0.25, 0.3) is 0 Å². The average molecular weight is 295 g/mol. The summed E-state index contributed by atoms with van der Waals surface area (Å²) in [5.41, 5.74) is -0.249. The van der Waals surface area contributed by atoms with Crippen molar-refractivity contribution in [3.8, 4) is 0 Å². The molecule has 1 heterocycles. The summed E-state index contributed by atoms with van der Waals surface area (Å²) in [6, 6.07) is 1.75. The van der Waals surface area contributed by atoms with Gasteiger partial charge < -0.3 is 20.7 Å². The van der Waals surface area contributed by atoms with Crippen molar-refractivity contribution in [3.05, 3.63) is 11.9 Å². The second-order valence-electron chi connectivity index (χ2n) is 5.59. The first-order chi connectivity index (χ1) is 9.84. The van der Waals surface area contributed by atoms with Crippen LogP contribution in [-0.2, 0) is 16.1 Å². The number of anilines is 2. The number of hydrogen-bond donors (Lipinski definition) is 3. The van der Waals surface area contributed by atoms with E-state index in [4.69, 9.17) is 4.74 Å². The van der Waals surface area contributed by atoms with E-state index in [0.717, 1.165) is 0 Å². The fourth-order valence-electron chi connectivity index (χ4n) is 1.61. The highest BCUT2D eigenvalue weighted by atomic mass is 16.5. The van der Waals surface area contributed by atoms with Gasteiger partial charge in [-0.05, 0) is 27.7 Å². The van der Waals surface area contributed by atoms with Crippen molar-refractivity contribution in [1.29, 1.82) is 0 Å². The Morgan fingerprint density at radius 2 is 1.95 bits per heavy atom. The number of rotatable bonds is 7. The fraction of sp³-hybridized carbons (Fsp3) is 0.643. The van der Waals surface area contributed by atoms with Crippen molar-refractivity contribution in [1.82, 2.24) is 15.3 Å². The molecule has 0 aromatic carbocycles. The van der Waals surface area contributed by atoms with E-state index in [1.165, 1.54) is 0 Å². The van der Waals surface area contributed by atoms with Crippen LogP contribution in [0, 0.1) is 0 Å². The first kappa shape index (κ1) is 17.2. The number of aromatic nitrogens is 2. The van der Waals surface area contributed by atoms with Gasteiger partial charge in [-0.1, -0.05) is 0 Å². The highest BCUT2D eigenvalue weighted by Gasteiger charge is 2.13. The van der Waals surface area contributed by atoms with Crippen molar-refractivity contribution in [3.63, 3.8) is 0 Å². The lowest BCUT2D eigenvalue weighted by Crippen LogP contribution is -2.43. The summed E-state index contributed by atoms with van der Waals surface area (Å²) >= 11 is 0. The first-order valence-electron chi connectivity index (χ1n) is 7.02. The van der Waals surface area contributed by atoms with Gasteiger partial charge in [0, 0.05) is 25.3 Å². The summed E-state index contributed by atoms with van der Waals surface area (Å²) in [5.74, 6) is 1.76. The number of hydrogen-bond acceptors (Lipinski definition) is 6. The van der Waals surface area contributed by atoms with Gasteiger partial charge in [-0.2, -0.15) is 0 Å². The summed E-state index contributed by atoms with van der Waals surface area (Å²) < 4.78 is 5.31. The number of carbonyl (C=O) groups is 1. The molecular weight excluding hydrogens is 270 g/mol. The Morgan fingerprint density at radius 3 is 2.52 bits per heavy atom. The maximum atomic E-state index is 11.8. The maximum absolute atomic E-state index is 11.8. The molecular formula is C14H25N5O2. The zero-order chi connectivity index (χ0) is 15.9. The van der Waals surface area contributed by atoms with Crippen LogP contribution in [-0.4, -0.2) is 41.6 Å². The largest absolute Gasteiger partial charge is 0.374 e. The predicted molar refractivity (Wildman–Crippen MR) is 83.3 cm³/mol. The number of nitrogens with zero attached hydrogens (tertiary/aromatic N) is 2. The molecule has 0 saturated carbocycles. The van der Waals surface area contributed by atoms with Crippen molar-refractivity contribution >= 4 is 17.5 Å². The van der Waals surface area contributed by atoms with E-state index in [9.17, 15) is 4.79 Å². The summed E-state index contributed by atoms with van der Waals surface area (Å²) in [7, 11) is 1.78. The lowest BCUT2D eigenvalue weighted by molar-refractivity contribution is -0.120. The molecule has 0 unspecified atom stereocenters. The van der Waals surface area contributed by atoms with Crippen LogP contribution < -0.4 is 16.0 Å². The van der Waals surface area contributed by atoms with Gasteiger partial charge in [-0.15, -0.1) is 0 Å². The maximum Gasteiger partial charge on any atom is 0.239 e. The van der Waals surface area contributed by atoms with E-state index < -0.39 is 0 Å². The molecule has 0 aliphatic heterocycles. The van der Waals surface area contributed by atoms with Gasteiger partial charge in [-0.25, -0.2) is 9.97 Å². The number of nitrogens with one attached hydrogen (secondary N) is 3. The van der Waals surface area contributed by atoms with Gasteiger partial charge in [0.2, 0.25) is 5.91 Å². The molecule has 21 heavy (non-hydrogen) atoms. The van der Waals surface area contributed by atoms with Gasteiger partial charge in [0.15, 0.2) is 5.82 Å². The Kier molecular flexibility index (Phi) is 6.36. The smallest absolute Gasteiger partial charge is 0.239 e. The summed E-state index contributed by atoms with van der Waals surface area (Å²) in [6.07, 6.45) is 0. The van der Waals surface area contributed by atoms with Crippen LogP contribution in [0.4, 0.5) is 11.6 Å². The molecule has 1 aromatic rings. The third-order valence-electron chi connectivity index (χ3n) is 2.41. The van der Waals surface area contributed by atoms with E-state index in [-0.39, 0.29) is 18.0 Å². The molecule has 0 spiro atoms. The Balaban J connectivity index is 2.67. The average Bonchev–Trinajstić information content (AvgIpc) is 2.41. The fourth-order valence-corrected chi connectivity index (χ4v) is 1.61. The number of carbonyl (C=O) groups excluding carboxylic acids is 1. The van der Waals surface area contributed by atoms with Gasteiger partial charge in [0.1, 0.15) is 18.2 Å². The van der Waals surface area contributed by atoms with Crippen molar-refractivity contribution < 1.29 is 9.53 Å². The third-order valence-corrected chi connectivity index (χ3v) is 2.41. The molecule has 118 valence electrons. The van der Waals surface area contributed by atoms with E-state index in [0.29, 0.717) is 30.7 Å². The monoisotopic (exact) mass is 295 g/mol. The summed E-state index contributed by atoms with van der Waals surface area (Å²) in [6.45, 7) is 8.83. The van der Waals surface area contributed by atoms with E-state index in [1.807, 2.05) is 27.7 Å². The Bertz CT molecular complexity index is 471. The Hall–Kier alpha value is -1.89. The molecule has 0 aliphatic rings. The van der Waals surface area contributed by atoms with Crippen LogP contribution in [0.25, 0.3) is 0 Å². The SMILES string of the molecule is CCOCc1nc(NC)cc(NCC(=O)NC(C)(C)C)n1. The molecule has 7 heteroatoms. The standard InChI is InChI=1S/C14H25N5O2/c1-6-21-9-12-17-10(15-5)7-11(18-12)16-8-13(20)19-14(2,3)4/h7H,6,8-9H2,1-5H3,(H,19,20)(H2,15,16,17,18). The first-order valence-corrected chi connectivity index (χ1v) is 7.02. The molecule has 7 nitrogen and oxygen atoms in total. The molecule has 3 N–H and O–H groups in total. The molecule has 1 rings (SSSR count). The zero-order valence-corrected chi connectivity index (χ0v) is 13.4. The van der Waals surface area contributed by atoms with Crippen molar-refractivity contribution in [2.24, 2.45) is 0 Å². The summed E-state index contributed by atoms with van der Waals surface area (Å²) in [5, 5.41) is 8.84. The van der Waals surface area contributed by atoms with Crippen molar-refractivity contribution in [2.45, 2.75) is 39.8 Å². The van der Waals surface area contributed by atoms with E-state index in [2.05, 4.69) is 25.9 Å². The molecule has 1 aromatic heterocycles. The molecule has 1 amide bonds. The molecule has 0 saturated heterocycles. The number of amides is 1. The van der Waals surface area contributed by atoms with Crippen LogP contribution in [0.2, 0.25) is 0 Å². The summed E-state index contributed by atoms with van der Waals surface area (Å²) in [4.78, 5) is 20.4. The Labute approximate surface area is 125 Å². The lowest BCUT2D eigenvalue weighted by atomic mass is 10.1. The topological polar surface area (TPSA) is 88.2 Å². The highest BCUT2D eigenvalue weighted by Crippen LogP contribution is 2.11. The molecule has 0 aliphatic carbocycles. The van der Waals surface area contributed by atoms with E-state index >= 15 is 0 Å². The second kappa shape index (κ2) is 7.78. The number of ether oxygens (including phenoxy) is 1. The van der Waals surface area contributed by atoms with Crippen LogP contribution in [0.1, 0.15) is 33.5 Å². The molecule has 0 bridgehead atoms. The van der Waals surface area contributed by atoms with Crippen LogP contribution in [0.3, 0.4) is 0 Å². The molecule has 0 atom stereocenters. The lowest BCUT2D eigenvalue weighted by Gasteiger charge is -2.20. The minimum absolute atomic E-state index is 0.0847. The molecule has 0 fully saturated rings. The third kappa shape index (κ3) is 6.89. The van der Waals surface area contributed by atoms with Gasteiger partial charge in [0.05, 0.1) is 6.54 Å². The minimum atomic E-state index is -0.249. The normalized spacial score (nSPS) is 11.1. The van der Waals surface area contributed by atoms with Crippen LogP contribution >= 0.6 is 0 Å². The quantitative estimate of drug-likeness (QED) is 0.704. The van der Waals surface area contributed by atoms with Crippen molar-refractivity contribution in [2.75, 3.05) is 30.8 Å². The zero-order valence-electron chi connectivity index (χ0n) is 13.4. The predicted octanol–water partition coefficient (Wildman–Crippen LogP) is 1.38. The van der Waals surface area contributed by atoms with Crippen LogP contribution in [0.15, 0.2) is 6.07 Å². The van der Waals surface area contributed by atoms with E-state index in [1.54, 1.807) is 13.1 Å². The van der Waals surface area contributed by atoms with Crippen LogP contribution in [0.5, 0.6) is 0 Å². The van der Waals surface area contributed by atoms with Gasteiger partial charge >= 0.3 is 0 Å². The Morgan fingerprint density at radius 1 is 1.29 bits per heavy atom.